The van der Waals surface area contributed by atoms with Gasteiger partial charge in [0.15, 0.2) is 5.82 Å². The highest BCUT2D eigenvalue weighted by Gasteiger charge is 2.10. The van der Waals surface area contributed by atoms with Gasteiger partial charge in [0, 0.05) is 30.8 Å². The fourth-order valence-corrected chi connectivity index (χ4v) is 2.60. The first-order chi connectivity index (χ1) is 12.6. The second-order valence-corrected chi connectivity index (χ2v) is 5.89. The summed E-state index contributed by atoms with van der Waals surface area (Å²) in [6.07, 6.45) is 4.57. The fourth-order valence-electron chi connectivity index (χ4n) is 2.40. The molecular weight excluding hydrogens is 356 g/mol. The first kappa shape index (κ1) is 16.1. The number of anilines is 2. The maximum atomic E-state index is 9.39. The van der Waals surface area contributed by atoms with Gasteiger partial charge < -0.3 is 15.2 Å². The molecule has 0 fully saturated rings. The van der Waals surface area contributed by atoms with Gasteiger partial charge in [0.1, 0.15) is 28.7 Å². The van der Waals surface area contributed by atoms with Crippen LogP contribution in [0.25, 0.3) is 10.9 Å². The number of nitrogens with one attached hydrogen (secondary N) is 1. The second kappa shape index (κ2) is 6.49. The van der Waals surface area contributed by atoms with Crippen molar-refractivity contribution in [2.75, 3.05) is 5.32 Å². The lowest BCUT2D eigenvalue weighted by Crippen LogP contribution is -1.98. The van der Waals surface area contributed by atoms with E-state index in [1.165, 1.54) is 18.6 Å². The Morgan fingerprint density at radius 1 is 1.15 bits per heavy atom. The molecule has 0 unspecified atom stereocenters. The maximum absolute atomic E-state index is 9.39. The van der Waals surface area contributed by atoms with Gasteiger partial charge in [0.05, 0.1) is 11.7 Å². The van der Waals surface area contributed by atoms with E-state index >= 15 is 0 Å². The van der Waals surface area contributed by atoms with Crippen molar-refractivity contribution in [3.63, 3.8) is 0 Å². The predicted octanol–water partition coefficient (Wildman–Crippen LogP) is 3.65. The molecule has 1 aromatic carbocycles. The molecule has 0 bridgehead atoms. The summed E-state index contributed by atoms with van der Waals surface area (Å²) in [7, 11) is 1.84. The average molecular weight is 369 g/mol. The molecule has 130 valence electrons. The molecule has 3 heterocycles. The lowest BCUT2D eigenvalue weighted by molar-refractivity contribution is 0.448. The van der Waals surface area contributed by atoms with E-state index in [4.69, 9.17) is 16.3 Å². The quantitative estimate of drug-likeness (QED) is 0.567. The monoisotopic (exact) mass is 368 g/mol. The summed E-state index contributed by atoms with van der Waals surface area (Å²) in [5.74, 6) is 1.94. The van der Waals surface area contributed by atoms with Gasteiger partial charge in [-0.25, -0.2) is 15.0 Å². The highest BCUT2D eigenvalue weighted by atomic mass is 35.5. The molecule has 2 N–H and O–H groups in total. The number of nitrogens with zero attached hydrogens (tertiary/aromatic N) is 5. The normalized spacial score (nSPS) is 10.8. The van der Waals surface area contributed by atoms with Gasteiger partial charge in [-0.2, -0.15) is 5.10 Å². The van der Waals surface area contributed by atoms with Crippen molar-refractivity contribution < 1.29 is 9.84 Å². The van der Waals surface area contributed by atoms with E-state index < -0.39 is 0 Å². The Morgan fingerprint density at radius 3 is 2.81 bits per heavy atom. The van der Waals surface area contributed by atoms with Gasteiger partial charge in [0.25, 0.3) is 0 Å². The van der Waals surface area contributed by atoms with Crippen LogP contribution in [0.5, 0.6) is 17.4 Å². The lowest BCUT2D eigenvalue weighted by Gasteiger charge is -2.09. The summed E-state index contributed by atoms with van der Waals surface area (Å²) in [6, 6.07) is 8.55. The Bertz CT molecular complexity index is 1100. The standard InChI is InChI=1S/C17H13ClN6O2/c1-24-5-4-15(23-24)22-16-12-7-11(2-3-14(12)20-9-21-16)26-17-13(18)6-10(25)8-19-17/h2-9,25H,1H3,(H,20,21,22,23). The van der Waals surface area contributed by atoms with Crippen LogP contribution >= 0.6 is 11.6 Å². The Labute approximate surface area is 153 Å². The summed E-state index contributed by atoms with van der Waals surface area (Å²) >= 11 is 6.04. The van der Waals surface area contributed by atoms with Crippen LogP contribution in [0.15, 0.2) is 49.1 Å². The number of aromatic hydroxyl groups is 1. The van der Waals surface area contributed by atoms with Crippen molar-refractivity contribution in [2.24, 2.45) is 7.05 Å². The van der Waals surface area contributed by atoms with Crippen LogP contribution in [0.4, 0.5) is 11.6 Å². The van der Waals surface area contributed by atoms with Crippen LogP contribution < -0.4 is 10.1 Å². The molecule has 4 rings (SSSR count). The zero-order chi connectivity index (χ0) is 18.1. The largest absolute Gasteiger partial charge is 0.506 e. The Kier molecular flexibility index (Phi) is 4.02. The lowest BCUT2D eigenvalue weighted by atomic mass is 10.2. The summed E-state index contributed by atoms with van der Waals surface area (Å²) < 4.78 is 7.42. The fraction of sp³-hybridized carbons (Fsp3) is 0.0588. The second-order valence-electron chi connectivity index (χ2n) is 5.48. The zero-order valence-electron chi connectivity index (χ0n) is 13.6. The molecule has 8 nitrogen and oxygen atoms in total. The molecule has 0 amide bonds. The Morgan fingerprint density at radius 2 is 2.04 bits per heavy atom. The Balaban J connectivity index is 1.70. The molecule has 9 heteroatoms. The van der Waals surface area contributed by atoms with Gasteiger partial charge in [-0.1, -0.05) is 11.6 Å². The van der Waals surface area contributed by atoms with Gasteiger partial charge in [-0.3, -0.25) is 4.68 Å². The number of rotatable bonds is 4. The number of ether oxygens (including phenoxy) is 1. The van der Waals surface area contributed by atoms with E-state index in [1.54, 1.807) is 16.8 Å². The molecule has 0 saturated heterocycles. The average Bonchev–Trinajstić information content (AvgIpc) is 3.03. The highest BCUT2D eigenvalue weighted by molar-refractivity contribution is 6.32. The minimum atomic E-state index is -0.0314. The number of hydrogen-bond donors (Lipinski definition) is 2. The number of aryl methyl sites for hydroxylation is 1. The minimum Gasteiger partial charge on any atom is -0.506 e. The molecule has 4 aromatic rings. The molecule has 0 aliphatic heterocycles. The first-order valence-electron chi connectivity index (χ1n) is 7.62. The van der Waals surface area contributed by atoms with Crippen LogP contribution in [0, 0.1) is 0 Å². The van der Waals surface area contributed by atoms with Crippen LogP contribution in [0.1, 0.15) is 0 Å². The molecule has 0 aliphatic rings. The summed E-state index contributed by atoms with van der Waals surface area (Å²) in [6.45, 7) is 0. The van der Waals surface area contributed by atoms with E-state index in [0.29, 0.717) is 17.4 Å². The topological polar surface area (TPSA) is 98.0 Å². The van der Waals surface area contributed by atoms with Gasteiger partial charge in [-0.15, -0.1) is 0 Å². The van der Waals surface area contributed by atoms with Crippen LogP contribution in [-0.2, 0) is 7.05 Å². The van der Waals surface area contributed by atoms with Crippen LogP contribution in [0.3, 0.4) is 0 Å². The van der Waals surface area contributed by atoms with Gasteiger partial charge >= 0.3 is 0 Å². The molecular formula is C17H13ClN6O2. The number of halogens is 1. The summed E-state index contributed by atoms with van der Waals surface area (Å²) in [5.41, 5.74) is 0.746. The number of hydrogen-bond acceptors (Lipinski definition) is 7. The first-order valence-corrected chi connectivity index (χ1v) is 8.00. The minimum absolute atomic E-state index is 0.0314. The molecule has 0 spiro atoms. The van der Waals surface area contributed by atoms with Crippen molar-refractivity contribution >= 4 is 34.1 Å². The molecule has 26 heavy (non-hydrogen) atoms. The summed E-state index contributed by atoms with van der Waals surface area (Å²) in [4.78, 5) is 12.5. The highest BCUT2D eigenvalue weighted by Crippen LogP contribution is 2.32. The third kappa shape index (κ3) is 3.22. The third-order valence-electron chi connectivity index (χ3n) is 3.57. The number of fused-ring (bicyclic) bond motifs is 1. The zero-order valence-corrected chi connectivity index (χ0v) is 14.3. The molecule has 3 aromatic heterocycles. The molecule has 0 saturated carbocycles. The SMILES string of the molecule is Cn1ccc(Nc2ncnc3ccc(Oc4ncc(O)cc4Cl)cc23)n1. The number of aromatic nitrogens is 5. The van der Waals surface area contributed by atoms with E-state index in [0.717, 1.165) is 10.9 Å². The number of benzene rings is 1. The van der Waals surface area contributed by atoms with E-state index in [9.17, 15) is 5.11 Å². The maximum Gasteiger partial charge on any atom is 0.238 e. The summed E-state index contributed by atoms with van der Waals surface area (Å²) in [5, 5.41) is 17.8. The van der Waals surface area contributed by atoms with Crippen LogP contribution in [0.2, 0.25) is 5.02 Å². The smallest absolute Gasteiger partial charge is 0.238 e. The molecule has 0 radical (unpaired) electrons. The van der Waals surface area contributed by atoms with Crippen molar-refractivity contribution in [2.45, 2.75) is 0 Å². The van der Waals surface area contributed by atoms with E-state index in [2.05, 4.69) is 25.4 Å². The van der Waals surface area contributed by atoms with Crippen molar-refractivity contribution in [3.8, 4) is 17.4 Å². The van der Waals surface area contributed by atoms with E-state index in [1.807, 2.05) is 25.4 Å². The van der Waals surface area contributed by atoms with Gasteiger partial charge in [0.2, 0.25) is 5.88 Å². The van der Waals surface area contributed by atoms with Gasteiger partial charge in [-0.05, 0) is 18.2 Å². The molecule has 0 atom stereocenters. The third-order valence-corrected chi connectivity index (χ3v) is 3.85. The molecule has 0 aliphatic carbocycles. The van der Waals surface area contributed by atoms with Crippen LogP contribution in [-0.4, -0.2) is 29.8 Å². The van der Waals surface area contributed by atoms with Crippen molar-refractivity contribution in [3.05, 3.63) is 54.1 Å². The van der Waals surface area contributed by atoms with Crippen molar-refractivity contribution in [1.82, 2.24) is 24.7 Å². The number of pyridine rings is 1. The van der Waals surface area contributed by atoms with E-state index in [-0.39, 0.29) is 16.7 Å². The Hall–Kier alpha value is -3.39. The predicted molar refractivity (Wildman–Crippen MR) is 97.0 cm³/mol. The van der Waals surface area contributed by atoms with Crippen molar-refractivity contribution in [1.29, 1.82) is 0 Å².